The predicted octanol–water partition coefficient (Wildman–Crippen LogP) is 0.478. The number of rotatable bonds is 6. The third kappa shape index (κ3) is 3.18. The quantitative estimate of drug-likeness (QED) is 0.622. The van der Waals surface area contributed by atoms with Crippen LogP contribution >= 0.6 is 0 Å². The molecule has 5 heteroatoms. The lowest BCUT2D eigenvalue weighted by atomic mass is 9.89. The van der Waals surface area contributed by atoms with Crippen molar-refractivity contribution in [3.8, 4) is 6.07 Å². The Kier molecular flexibility index (Phi) is 4.68. The fraction of sp³-hybridized carbons (Fsp3) is 0.500. The number of nitrogens with one attached hydrogen (secondary N) is 1. The number of carbonyl (C=O) groups excluding carboxylic acids is 1. The molecular weight excluding hydrogens is 196 g/mol. The van der Waals surface area contributed by atoms with E-state index in [2.05, 4.69) is 11.9 Å². The molecule has 0 saturated heterocycles. The molecule has 1 unspecified atom stereocenters. The van der Waals surface area contributed by atoms with Gasteiger partial charge in [-0.15, -0.1) is 0 Å². The van der Waals surface area contributed by atoms with Crippen molar-refractivity contribution >= 4 is 11.8 Å². The normalized spacial score (nSPS) is 13.7. The number of carboxylic acid groups (broad SMARTS) is 1. The minimum atomic E-state index is -1.31. The first-order chi connectivity index (χ1) is 6.89. The van der Waals surface area contributed by atoms with Crippen LogP contribution in [0.1, 0.15) is 19.8 Å². The summed E-state index contributed by atoms with van der Waals surface area (Å²) in [6.07, 6.45) is 0.212. The molecule has 0 aromatic rings. The molecule has 0 saturated carbocycles. The molecule has 0 fully saturated rings. The molecular formula is C10H14N2O3. The minimum Gasteiger partial charge on any atom is -0.478 e. The van der Waals surface area contributed by atoms with E-state index in [1.54, 1.807) is 0 Å². The second-order valence-electron chi connectivity index (χ2n) is 3.23. The maximum absolute atomic E-state index is 11.2. The van der Waals surface area contributed by atoms with Crippen molar-refractivity contribution in [3.63, 3.8) is 0 Å². The molecule has 0 spiro atoms. The molecule has 5 nitrogen and oxygen atoms in total. The summed E-state index contributed by atoms with van der Waals surface area (Å²) < 4.78 is 0. The summed E-state index contributed by atoms with van der Waals surface area (Å²) >= 11 is 0. The fourth-order valence-corrected chi connectivity index (χ4v) is 1.11. The van der Waals surface area contributed by atoms with Gasteiger partial charge >= 0.3 is 5.97 Å². The van der Waals surface area contributed by atoms with Crippen molar-refractivity contribution in [1.82, 2.24) is 5.32 Å². The molecule has 0 amide bonds. The number of hydrogen-bond donors (Lipinski definition) is 2. The molecule has 82 valence electrons. The van der Waals surface area contributed by atoms with Crippen molar-refractivity contribution in [2.45, 2.75) is 25.3 Å². The van der Waals surface area contributed by atoms with Crippen LogP contribution in [-0.4, -0.2) is 29.4 Å². The molecule has 0 aromatic heterocycles. The number of likely N-dealkylation sites (N-methyl/N-ethyl adjacent to an activating group) is 1. The van der Waals surface area contributed by atoms with Gasteiger partial charge in [-0.1, -0.05) is 6.58 Å². The number of ketones is 1. The third-order valence-electron chi connectivity index (χ3n) is 2.32. The predicted molar refractivity (Wildman–Crippen MR) is 54.1 cm³/mol. The molecule has 15 heavy (non-hydrogen) atoms. The number of Topliss-reactive ketones (excluding diaryl/α,β-unsaturated/α-hetero) is 1. The van der Waals surface area contributed by atoms with Crippen LogP contribution in [0.15, 0.2) is 12.2 Å². The molecule has 2 N–H and O–H groups in total. The first-order valence-electron chi connectivity index (χ1n) is 4.42. The van der Waals surface area contributed by atoms with E-state index in [9.17, 15) is 9.59 Å². The monoisotopic (exact) mass is 210 g/mol. The van der Waals surface area contributed by atoms with Gasteiger partial charge in [-0.25, -0.2) is 4.79 Å². The van der Waals surface area contributed by atoms with Crippen molar-refractivity contribution < 1.29 is 14.7 Å². The van der Waals surface area contributed by atoms with Crippen LogP contribution in [0.5, 0.6) is 0 Å². The Bertz CT molecular complexity index is 330. The van der Waals surface area contributed by atoms with Gasteiger partial charge < -0.3 is 5.11 Å². The van der Waals surface area contributed by atoms with Crippen molar-refractivity contribution in [2.24, 2.45) is 0 Å². The van der Waals surface area contributed by atoms with Crippen LogP contribution in [0.25, 0.3) is 0 Å². The van der Waals surface area contributed by atoms with Gasteiger partial charge in [-0.3, -0.25) is 10.1 Å². The first kappa shape index (κ1) is 13.3. The third-order valence-corrected chi connectivity index (χ3v) is 2.32. The van der Waals surface area contributed by atoms with Crippen LogP contribution < -0.4 is 5.32 Å². The number of nitriles is 1. The van der Waals surface area contributed by atoms with E-state index >= 15 is 0 Å². The Morgan fingerprint density at radius 3 is 2.40 bits per heavy atom. The zero-order chi connectivity index (χ0) is 12.1. The smallest absolute Gasteiger partial charge is 0.330 e. The van der Waals surface area contributed by atoms with Crippen LogP contribution in [0.3, 0.4) is 0 Å². The molecule has 0 rings (SSSR count). The highest BCUT2D eigenvalue weighted by Crippen LogP contribution is 2.16. The molecule has 0 radical (unpaired) electrons. The highest BCUT2D eigenvalue weighted by atomic mass is 16.4. The zero-order valence-corrected chi connectivity index (χ0v) is 8.83. The van der Waals surface area contributed by atoms with E-state index in [0.717, 1.165) is 0 Å². The summed E-state index contributed by atoms with van der Waals surface area (Å²) in [7, 11) is 1.49. The van der Waals surface area contributed by atoms with Gasteiger partial charge in [0.05, 0.1) is 6.07 Å². The lowest BCUT2D eigenvalue weighted by Crippen LogP contribution is -2.48. The van der Waals surface area contributed by atoms with Gasteiger partial charge in [-0.05, 0) is 26.8 Å². The second-order valence-corrected chi connectivity index (χ2v) is 3.23. The zero-order valence-electron chi connectivity index (χ0n) is 8.83. The Morgan fingerprint density at radius 2 is 2.13 bits per heavy atom. The van der Waals surface area contributed by atoms with Gasteiger partial charge in [-0.2, -0.15) is 5.26 Å². The average molecular weight is 210 g/mol. The summed E-state index contributed by atoms with van der Waals surface area (Å²) in [5, 5.41) is 20.1. The van der Waals surface area contributed by atoms with Gasteiger partial charge in [0, 0.05) is 5.57 Å². The first-order valence-corrected chi connectivity index (χ1v) is 4.42. The summed E-state index contributed by atoms with van der Waals surface area (Å²) in [6.45, 7) is 4.63. The average Bonchev–Trinajstić information content (AvgIpc) is 2.19. The topological polar surface area (TPSA) is 90.2 Å². The standard InChI is InChI=1S/C10H14N2O3/c1-7(9(14)15)4-5-10(6-11,12-3)8(2)13/h12H,1,4-5H2,2-3H3,(H,14,15). The number of carboxylic acids is 1. The largest absolute Gasteiger partial charge is 0.478 e. The Morgan fingerprint density at radius 1 is 1.60 bits per heavy atom. The van der Waals surface area contributed by atoms with Crippen molar-refractivity contribution in [1.29, 1.82) is 5.26 Å². The summed E-state index contributed by atoms with van der Waals surface area (Å²) in [4.78, 5) is 21.7. The summed E-state index contributed by atoms with van der Waals surface area (Å²) in [5.41, 5.74) is -1.32. The highest BCUT2D eigenvalue weighted by molar-refractivity contribution is 5.90. The van der Waals surface area contributed by atoms with Crippen LogP contribution in [0, 0.1) is 11.3 Å². The second kappa shape index (κ2) is 5.27. The molecule has 0 aliphatic carbocycles. The highest BCUT2D eigenvalue weighted by Gasteiger charge is 2.33. The minimum absolute atomic E-state index is 0.00822. The Hall–Kier alpha value is -1.67. The number of hydrogen-bond acceptors (Lipinski definition) is 4. The Balaban J connectivity index is 4.60. The van der Waals surface area contributed by atoms with E-state index < -0.39 is 11.5 Å². The maximum Gasteiger partial charge on any atom is 0.330 e. The van der Waals surface area contributed by atoms with Crippen LogP contribution in [-0.2, 0) is 9.59 Å². The van der Waals surface area contributed by atoms with Gasteiger partial charge in [0.25, 0.3) is 0 Å². The number of carbonyl (C=O) groups is 2. The molecule has 0 aliphatic heterocycles. The summed E-state index contributed by atoms with van der Waals surface area (Å²) in [5.74, 6) is -1.44. The number of nitrogens with zero attached hydrogens (tertiary/aromatic N) is 1. The molecule has 0 bridgehead atoms. The van der Waals surface area contributed by atoms with E-state index in [1.165, 1.54) is 14.0 Å². The lowest BCUT2D eigenvalue weighted by molar-refractivity contribution is -0.133. The van der Waals surface area contributed by atoms with Gasteiger partial charge in [0.2, 0.25) is 0 Å². The van der Waals surface area contributed by atoms with Gasteiger partial charge in [0.1, 0.15) is 0 Å². The van der Waals surface area contributed by atoms with Crippen molar-refractivity contribution in [3.05, 3.63) is 12.2 Å². The molecule has 0 heterocycles. The SMILES string of the molecule is C=C(CCC(C#N)(NC)C(C)=O)C(=O)O. The van der Waals surface area contributed by atoms with E-state index in [0.29, 0.717) is 0 Å². The number of aliphatic carboxylic acids is 1. The Labute approximate surface area is 88.4 Å². The van der Waals surface area contributed by atoms with E-state index in [1.807, 2.05) is 6.07 Å². The van der Waals surface area contributed by atoms with Gasteiger partial charge in [0.15, 0.2) is 11.3 Å². The fourth-order valence-electron chi connectivity index (χ4n) is 1.11. The van der Waals surface area contributed by atoms with E-state index in [-0.39, 0.29) is 24.2 Å². The van der Waals surface area contributed by atoms with E-state index in [4.69, 9.17) is 10.4 Å². The van der Waals surface area contributed by atoms with Crippen LogP contribution in [0.2, 0.25) is 0 Å². The molecule has 0 aliphatic rings. The van der Waals surface area contributed by atoms with Crippen LogP contribution in [0.4, 0.5) is 0 Å². The van der Waals surface area contributed by atoms with Crippen molar-refractivity contribution in [2.75, 3.05) is 7.05 Å². The molecule has 0 aromatic carbocycles. The maximum atomic E-state index is 11.2. The summed E-state index contributed by atoms with van der Waals surface area (Å²) in [6, 6.07) is 1.86. The molecule has 1 atom stereocenters. The lowest BCUT2D eigenvalue weighted by Gasteiger charge is -2.22.